The molecule has 1 amide bonds. The molecule has 0 atom stereocenters. The second-order valence-electron chi connectivity index (χ2n) is 4.84. The van der Waals surface area contributed by atoms with Crippen molar-refractivity contribution in [2.24, 2.45) is 0 Å². The summed E-state index contributed by atoms with van der Waals surface area (Å²) in [5, 5.41) is 0.666. The molecule has 0 fully saturated rings. The van der Waals surface area contributed by atoms with E-state index < -0.39 is 0 Å². The lowest BCUT2D eigenvalue weighted by atomic mass is 10.1. The maximum Gasteiger partial charge on any atom is 0.236 e. The standard InChI is InChI=1S/C14H22ClN3O/c1-4-7-18(10-14(19)17(2)3)9-11-8-12(15)5-6-13(11)16/h5-6,8H,4,7,9-10,16H2,1-3H3. The second-order valence-corrected chi connectivity index (χ2v) is 5.28. The van der Waals surface area contributed by atoms with Gasteiger partial charge in [-0.2, -0.15) is 0 Å². The SMILES string of the molecule is CCCN(CC(=O)N(C)C)Cc1cc(Cl)ccc1N. The van der Waals surface area contributed by atoms with Crippen LogP contribution in [0.15, 0.2) is 18.2 Å². The van der Waals surface area contributed by atoms with Crippen LogP contribution in [0.3, 0.4) is 0 Å². The molecule has 1 aromatic carbocycles. The van der Waals surface area contributed by atoms with E-state index in [4.69, 9.17) is 17.3 Å². The predicted molar refractivity (Wildman–Crippen MR) is 80.1 cm³/mol. The molecule has 0 unspecified atom stereocenters. The number of likely N-dealkylation sites (N-methyl/N-ethyl adjacent to an activating group) is 1. The van der Waals surface area contributed by atoms with Gasteiger partial charge in [0.15, 0.2) is 0 Å². The Labute approximate surface area is 120 Å². The first-order chi connectivity index (χ1) is 8.93. The quantitative estimate of drug-likeness (QED) is 0.815. The van der Waals surface area contributed by atoms with E-state index in [9.17, 15) is 4.79 Å². The van der Waals surface area contributed by atoms with Gasteiger partial charge >= 0.3 is 0 Å². The minimum atomic E-state index is 0.0917. The Morgan fingerprint density at radius 1 is 1.37 bits per heavy atom. The van der Waals surface area contributed by atoms with Crippen LogP contribution in [0.25, 0.3) is 0 Å². The minimum Gasteiger partial charge on any atom is -0.398 e. The maximum absolute atomic E-state index is 11.8. The van der Waals surface area contributed by atoms with Gasteiger partial charge < -0.3 is 10.6 Å². The molecule has 0 aliphatic heterocycles. The molecular formula is C14H22ClN3O. The predicted octanol–water partition coefficient (Wildman–Crippen LogP) is 2.22. The van der Waals surface area contributed by atoms with Crippen LogP contribution >= 0.6 is 11.6 Å². The number of carbonyl (C=O) groups is 1. The lowest BCUT2D eigenvalue weighted by Crippen LogP contribution is -2.36. The van der Waals surface area contributed by atoms with E-state index in [1.165, 1.54) is 0 Å². The lowest BCUT2D eigenvalue weighted by molar-refractivity contribution is -0.130. The number of nitrogen functional groups attached to an aromatic ring is 1. The van der Waals surface area contributed by atoms with Crippen molar-refractivity contribution < 1.29 is 4.79 Å². The molecular weight excluding hydrogens is 262 g/mol. The van der Waals surface area contributed by atoms with E-state index in [2.05, 4.69) is 11.8 Å². The molecule has 0 aromatic heterocycles. The van der Waals surface area contributed by atoms with Crippen LogP contribution in [-0.4, -0.2) is 42.9 Å². The smallest absolute Gasteiger partial charge is 0.236 e. The molecule has 0 spiro atoms. The van der Waals surface area contributed by atoms with Crippen molar-refractivity contribution in [3.63, 3.8) is 0 Å². The zero-order chi connectivity index (χ0) is 14.4. The van der Waals surface area contributed by atoms with Gasteiger partial charge in [0.05, 0.1) is 6.54 Å². The fourth-order valence-electron chi connectivity index (χ4n) is 1.82. The van der Waals surface area contributed by atoms with Crippen molar-refractivity contribution in [2.75, 3.05) is 32.9 Å². The number of anilines is 1. The van der Waals surface area contributed by atoms with Crippen LogP contribution in [0.5, 0.6) is 0 Å². The van der Waals surface area contributed by atoms with E-state index in [1.54, 1.807) is 31.1 Å². The summed E-state index contributed by atoms with van der Waals surface area (Å²) in [4.78, 5) is 15.5. The first-order valence-electron chi connectivity index (χ1n) is 6.40. The molecule has 5 heteroatoms. The van der Waals surface area contributed by atoms with E-state index in [-0.39, 0.29) is 5.91 Å². The number of hydrogen-bond donors (Lipinski definition) is 1. The Bertz CT molecular complexity index is 435. The van der Waals surface area contributed by atoms with Gasteiger partial charge in [0.2, 0.25) is 5.91 Å². The van der Waals surface area contributed by atoms with Crippen LogP contribution in [0.4, 0.5) is 5.69 Å². The third-order valence-corrected chi connectivity index (χ3v) is 3.13. The molecule has 19 heavy (non-hydrogen) atoms. The van der Waals surface area contributed by atoms with Crippen molar-refractivity contribution in [1.29, 1.82) is 0 Å². The lowest BCUT2D eigenvalue weighted by Gasteiger charge is -2.23. The first-order valence-corrected chi connectivity index (χ1v) is 6.78. The molecule has 0 bridgehead atoms. The van der Waals surface area contributed by atoms with E-state index >= 15 is 0 Å². The Kier molecular flexibility index (Phi) is 6.12. The number of carbonyl (C=O) groups excluding carboxylic acids is 1. The van der Waals surface area contributed by atoms with Gasteiger partial charge in [-0.1, -0.05) is 18.5 Å². The molecule has 0 aliphatic carbocycles. The van der Waals surface area contributed by atoms with Gasteiger partial charge in [0, 0.05) is 31.4 Å². The molecule has 0 aliphatic rings. The van der Waals surface area contributed by atoms with E-state index in [0.717, 1.165) is 18.5 Å². The molecule has 0 heterocycles. The third kappa shape index (κ3) is 5.09. The highest BCUT2D eigenvalue weighted by molar-refractivity contribution is 6.30. The molecule has 0 saturated carbocycles. The molecule has 1 rings (SSSR count). The molecule has 2 N–H and O–H groups in total. The number of hydrogen-bond acceptors (Lipinski definition) is 3. The van der Waals surface area contributed by atoms with E-state index in [1.807, 2.05) is 6.07 Å². The monoisotopic (exact) mass is 283 g/mol. The number of nitrogens with zero attached hydrogens (tertiary/aromatic N) is 2. The normalized spacial score (nSPS) is 10.8. The van der Waals surface area contributed by atoms with Gasteiger partial charge in [-0.15, -0.1) is 0 Å². The highest BCUT2D eigenvalue weighted by Crippen LogP contribution is 2.19. The average molecular weight is 284 g/mol. The van der Waals surface area contributed by atoms with Crippen molar-refractivity contribution >= 4 is 23.2 Å². The highest BCUT2D eigenvalue weighted by atomic mass is 35.5. The fourth-order valence-corrected chi connectivity index (χ4v) is 2.01. The number of halogens is 1. The summed E-state index contributed by atoms with van der Waals surface area (Å²) >= 11 is 5.98. The molecule has 0 saturated heterocycles. The largest absolute Gasteiger partial charge is 0.398 e. The second kappa shape index (κ2) is 7.36. The van der Waals surface area contributed by atoms with Crippen LogP contribution in [0.2, 0.25) is 5.02 Å². The van der Waals surface area contributed by atoms with Crippen LogP contribution < -0.4 is 5.73 Å². The van der Waals surface area contributed by atoms with Crippen LogP contribution in [-0.2, 0) is 11.3 Å². The Balaban J connectivity index is 2.77. The number of rotatable bonds is 6. The van der Waals surface area contributed by atoms with Gasteiger partial charge in [0.25, 0.3) is 0 Å². The summed E-state index contributed by atoms with van der Waals surface area (Å²) < 4.78 is 0. The minimum absolute atomic E-state index is 0.0917. The zero-order valence-electron chi connectivity index (χ0n) is 11.8. The van der Waals surface area contributed by atoms with Crippen molar-refractivity contribution in [1.82, 2.24) is 9.80 Å². The summed E-state index contributed by atoms with van der Waals surface area (Å²) in [6.07, 6.45) is 0.987. The fraction of sp³-hybridized carbons (Fsp3) is 0.500. The van der Waals surface area contributed by atoms with Gasteiger partial charge in [-0.3, -0.25) is 9.69 Å². The van der Waals surface area contributed by atoms with Gasteiger partial charge in [-0.05, 0) is 36.7 Å². The summed E-state index contributed by atoms with van der Waals surface area (Å²) in [5.74, 6) is 0.0917. The van der Waals surface area contributed by atoms with Crippen LogP contribution in [0.1, 0.15) is 18.9 Å². The van der Waals surface area contributed by atoms with E-state index in [0.29, 0.717) is 23.8 Å². The zero-order valence-corrected chi connectivity index (χ0v) is 12.6. The molecule has 1 aromatic rings. The summed E-state index contributed by atoms with van der Waals surface area (Å²) in [5.41, 5.74) is 7.62. The molecule has 106 valence electrons. The topological polar surface area (TPSA) is 49.6 Å². The van der Waals surface area contributed by atoms with Crippen molar-refractivity contribution in [3.05, 3.63) is 28.8 Å². The summed E-state index contributed by atoms with van der Waals surface area (Å²) in [6.45, 7) is 3.98. The first kappa shape index (κ1) is 15.8. The Morgan fingerprint density at radius 2 is 2.05 bits per heavy atom. The van der Waals surface area contributed by atoms with Gasteiger partial charge in [-0.25, -0.2) is 0 Å². The number of benzene rings is 1. The Morgan fingerprint density at radius 3 is 2.63 bits per heavy atom. The summed E-state index contributed by atoms with van der Waals surface area (Å²) in [7, 11) is 3.53. The maximum atomic E-state index is 11.8. The van der Waals surface area contributed by atoms with Crippen molar-refractivity contribution in [2.45, 2.75) is 19.9 Å². The number of nitrogens with two attached hydrogens (primary N) is 1. The molecule has 4 nitrogen and oxygen atoms in total. The van der Waals surface area contributed by atoms with Crippen LogP contribution in [0, 0.1) is 0 Å². The number of amides is 1. The third-order valence-electron chi connectivity index (χ3n) is 2.90. The molecule has 0 radical (unpaired) electrons. The van der Waals surface area contributed by atoms with Gasteiger partial charge in [0.1, 0.15) is 0 Å². The Hall–Kier alpha value is -1.26. The highest BCUT2D eigenvalue weighted by Gasteiger charge is 2.13. The summed E-state index contributed by atoms with van der Waals surface area (Å²) in [6, 6.07) is 5.44. The average Bonchev–Trinajstić information content (AvgIpc) is 2.34. The van der Waals surface area contributed by atoms with Crippen molar-refractivity contribution in [3.8, 4) is 0 Å².